The van der Waals surface area contributed by atoms with Crippen LogP contribution in [0.15, 0.2) is 11.1 Å². The predicted molar refractivity (Wildman–Crippen MR) is 136 cm³/mol. The van der Waals surface area contributed by atoms with Crippen LogP contribution < -0.4 is 0 Å². The van der Waals surface area contributed by atoms with Gasteiger partial charge in [0.2, 0.25) is 0 Å². The highest BCUT2D eigenvalue weighted by Gasteiger charge is 2.60. The van der Waals surface area contributed by atoms with Crippen LogP contribution in [0.4, 0.5) is 0 Å². The van der Waals surface area contributed by atoms with Crippen LogP contribution in [-0.2, 0) is 18.4 Å². The quantitative estimate of drug-likeness (QED) is 0.210. The van der Waals surface area contributed by atoms with Crippen molar-refractivity contribution in [1.82, 2.24) is 0 Å². The molecule has 4 nitrogen and oxygen atoms in total. The van der Waals surface area contributed by atoms with Crippen LogP contribution in [0.25, 0.3) is 0 Å². The van der Waals surface area contributed by atoms with Gasteiger partial charge in [-0.3, -0.25) is 4.79 Å². The average molecular weight is 471 g/mol. The van der Waals surface area contributed by atoms with Crippen molar-refractivity contribution >= 4 is 22.6 Å². The molecule has 6 heteroatoms. The van der Waals surface area contributed by atoms with Gasteiger partial charge in [-0.25, -0.2) is 0 Å². The fourth-order valence-electron chi connectivity index (χ4n) is 3.80. The largest absolute Gasteiger partial charge is 0.468 e. The maximum atomic E-state index is 13.4. The van der Waals surface area contributed by atoms with Crippen molar-refractivity contribution < 1.29 is 18.4 Å². The van der Waals surface area contributed by atoms with Crippen LogP contribution in [0, 0.1) is 5.41 Å². The van der Waals surface area contributed by atoms with Crippen molar-refractivity contribution in [2.75, 3.05) is 7.11 Å². The Labute approximate surface area is 194 Å². The van der Waals surface area contributed by atoms with Gasteiger partial charge in [-0.1, -0.05) is 54.9 Å². The molecule has 0 bridgehead atoms. The van der Waals surface area contributed by atoms with E-state index in [2.05, 4.69) is 81.6 Å². The Morgan fingerprint density at radius 2 is 1.35 bits per heavy atom. The molecule has 0 aromatic heterocycles. The molecule has 0 spiro atoms. The minimum Gasteiger partial charge on any atom is -0.468 e. The summed E-state index contributed by atoms with van der Waals surface area (Å²) in [5.41, 5.74) is 1.55. The minimum absolute atomic E-state index is 0.0478. The molecule has 31 heavy (non-hydrogen) atoms. The minimum atomic E-state index is -2.14. The van der Waals surface area contributed by atoms with Crippen molar-refractivity contribution in [3.63, 3.8) is 0 Å². The second-order valence-electron chi connectivity index (χ2n) is 12.6. The summed E-state index contributed by atoms with van der Waals surface area (Å²) in [6.07, 6.45) is 2.50. The standard InChI is InChI=1S/C25H50O4Si2/c1-15-16-17-19-18(2)20(28-30(11,12)23(3,4)5)25(9,22(26)27-10)21(19)29-31(13,14)24(6,7)8/h20-21H,15-17H2,1-14H3/t20-,21+,25+/m0/s1. The number of ether oxygens (including phenoxy) is 1. The summed E-state index contributed by atoms with van der Waals surface area (Å²) in [5.74, 6) is -0.231. The summed E-state index contributed by atoms with van der Waals surface area (Å²) >= 11 is 0. The lowest BCUT2D eigenvalue weighted by molar-refractivity contribution is -0.161. The summed E-state index contributed by atoms with van der Waals surface area (Å²) in [6.45, 7) is 28.9. The van der Waals surface area contributed by atoms with Crippen molar-refractivity contribution in [2.24, 2.45) is 5.41 Å². The summed E-state index contributed by atoms with van der Waals surface area (Å²) in [5, 5.41) is 0.0957. The SMILES string of the molecule is CCCCC1=C(C)[C@H](O[Si](C)(C)C(C)(C)C)[C@@](C)(C(=O)OC)[C@@H]1O[Si](C)(C)C(C)(C)C. The predicted octanol–water partition coefficient (Wildman–Crippen LogP) is 7.47. The highest BCUT2D eigenvalue weighted by atomic mass is 28.4. The van der Waals surface area contributed by atoms with Crippen molar-refractivity contribution in [1.29, 1.82) is 0 Å². The maximum absolute atomic E-state index is 13.4. The van der Waals surface area contributed by atoms with E-state index in [1.54, 1.807) is 0 Å². The number of hydrogen-bond donors (Lipinski definition) is 0. The van der Waals surface area contributed by atoms with Gasteiger partial charge in [-0.05, 0) is 74.1 Å². The molecule has 0 N–H and O–H groups in total. The Hall–Kier alpha value is -0.436. The molecule has 1 aliphatic carbocycles. The molecular formula is C25H50O4Si2. The van der Waals surface area contributed by atoms with Crippen LogP contribution in [-0.4, -0.2) is 41.9 Å². The molecular weight excluding hydrogens is 420 g/mol. The zero-order chi connectivity index (χ0) is 24.6. The third kappa shape index (κ3) is 5.56. The van der Waals surface area contributed by atoms with Gasteiger partial charge in [0.1, 0.15) is 5.41 Å². The van der Waals surface area contributed by atoms with E-state index in [1.165, 1.54) is 18.3 Å². The number of methoxy groups -OCH3 is 1. The number of unbranched alkanes of at least 4 members (excludes halogenated alkanes) is 1. The lowest BCUT2D eigenvalue weighted by atomic mass is 9.81. The van der Waals surface area contributed by atoms with E-state index < -0.39 is 22.0 Å². The summed E-state index contributed by atoms with van der Waals surface area (Å²) in [7, 11) is -2.78. The molecule has 0 saturated heterocycles. The van der Waals surface area contributed by atoms with E-state index in [9.17, 15) is 4.79 Å². The first-order chi connectivity index (χ1) is 13.8. The van der Waals surface area contributed by atoms with E-state index in [0.717, 1.165) is 19.3 Å². The van der Waals surface area contributed by atoms with E-state index in [4.69, 9.17) is 13.6 Å². The topological polar surface area (TPSA) is 44.8 Å². The molecule has 0 fully saturated rings. The van der Waals surface area contributed by atoms with Crippen LogP contribution in [0.2, 0.25) is 36.3 Å². The normalized spacial score (nSPS) is 25.9. The van der Waals surface area contributed by atoms with Crippen molar-refractivity contribution in [2.45, 2.75) is 130 Å². The van der Waals surface area contributed by atoms with Crippen LogP contribution in [0.1, 0.15) is 81.6 Å². The molecule has 0 aromatic carbocycles. The Morgan fingerprint density at radius 1 is 0.935 bits per heavy atom. The second-order valence-corrected chi connectivity index (χ2v) is 22.1. The van der Waals surface area contributed by atoms with E-state index >= 15 is 0 Å². The number of carbonyl (C=O) groups excluding carboxylic acids is 1. The highest BCUT2D eigenvalue weighted by molar-refractivity contribution is 6.74. The van der Waals surface area contributed by atoms with E-state index in [0.29, 0.717) is 0 Å². The molecule has 1 rings (SSSR count). The van der Waals surface area contributed by atoms with Gasteiger partial charge in [0, 0.05) is 0 Å². The molecule has 0 heterocycles. The molecule has 3 atom stereocenters. The summed E-state index contributed by atoms with van der Waals surface area (Å²) < 4.78 is 19.4. The number of hydrogen-bond acceptors (Lipinski definition) is 4. The Balaban J connectivity index is 3.66. The van der Waals surface area contributed by atoms with Gasteiger partial charge in [-0.15, -0.1) is 0 Å². The first kappa shape index (κ1) is 28.6. The zero-order valence-corrected chi connectivity index (χ0v) is 24.9. The average Bonchev–Trinajstić information content (AvgIpc) is 2.79. The molecule has 1 aliphatic rings. The summed E-state index contributed by atoms with van der Waals surface area (Å²) in [4.78, 5) is 13.4. The Bertz CT molecular complexity index is 683. The Kier molecular flexibility index (Phi) is 8.70. The first-order valence-corrected chi connectivity index (χ1v) is 17.7. The molecule has 0 amide bonds. The number of carbonyl (C=O) groups is 1. The lowest BCUT2D eigenvalue weighted by Gasteiger charge is -2.46. The van der Waals surface area contributed by atoms with Gasteiger partial charge in [0.15, 0.2) is 16.6 Å². The smallest absolute Gasteiger partial charge is 0.317 e. The van der Waals surface area contributed by atoms with Gasteiger partial charge in [0.25, 0.3) is 0 Å². The molecule has 0 unspecified atom stereocenters. The lowest BCUT2D eigenvalue weighted by Crippen LogP contribution is -2.56. The fourth-order valence-corrected chi connectivity index (χ4v) is 6.50. The summed E-state index contributed by atoms with van der Waals surface area (Å²) in [6, 6.07) is 0. The van der Waals surface area contributed by atoms with Crippen LogP contribution in [0.3, 0.4) is 0 Å². The van der Waals surface area contributed by atoms with Gasteiger partial charge in [-0.2, -0.15) is 0 Å². The van der Waals surface area contributed by atoms with E-state index in [-0.39, 0.29) is 28.3 Å². The second kappa shape index (κ2) is 9.43. The Morgan fingerprint density at radius 3 is 1.71 bits per heavy atom. The molecule has 0 radical (unpaired) electrons. The van der Waals surface area contributed by atoms with Crippen LogP contribution in [0.5, 0.6) is 0 Å². The highest BCUT2D eigenvalue weighted by Crippen LogP contribution is 2.53. The molecule has 0 aromatic rings. The van der Waals surface area contributed by atoms with Crippen molar-refractivity contribution in [3.05, 3.63) is 11.1 Å². The third-order valence-electron chi connectivity index (χ3n) is 8.17. The molecule has 0 aliphatic heterocycles. The van der Waals surface area contributed by atoms with Gasteiger partial charge in [0.05, 0.1) is 19.3 Å². The van der Waals surface area contributed by atoms with Gasteiger partial charge < -0.3 is 13.6 Å². The zero-order valence-electron chi connectivity index (χ0n) is 22.9. The number of esters is 1. The molecule has 0 saturated carbocycles. The monoisotopic (exact) mass is 470 g/mol. The first-order valence-electron chi connectivity index (χ1n) is 11.9. The molecule has 182 valence electrons. The number of rotatable bonds is 8. The maximum Gasteiger partial charge on any atom is 0.317 e. The van der Waals surface area contributed by atoms with Gasteiger partial charge >= 0.3 is 5.97 Å². The third-order valence-corrected chi connectivity index (χ3v) is 17.0. The fraction of sp³-hybridized carbons (Fsp3) is 0.880. The van der Waals surface area contributed by atoms with Crippen LogP contribution >= 0.6 is 0 Å². The van der Waals surface area contributed by atoms with E-state index in [1.807, 2.05) is 6.92 Å². The van der Waals surface area contributed by atoms with Crippen molar-refractivity contribution in [3.8, 4) is 0 Å².